The van der Waals surface area contributed by atoms with Crippen LogP contribution in [0.4, 0.5) is 0 Å². The SMILES string of the molecule is CCOc1ccc(C(NC)C2(CC)CCCC2)cc1Br. The highest BCUT2D eigenvalue weighted by Gasteiger charge is 2.39. The molecule has 3 heteroatoms. The molecule has 1 aliphatic carbocycles. The van der Waals surface area contributed by atoms with Crippen LogP contribution in [0.2, 0.25) is 0 Å². The monoisotopic (exact) mass is 339 g/mol. The standard InChI is InChI=1S/C17H26BrNO/c1-4-17(10-6-7-11-17)16(19-3)13-8-9-15(20-5-2)14(18)12-13/h8-9,12,16,19H,4-7,10-11H2,1-3H3. The molecule has 1 atom stereocenters. The van der Waals surface area contributed by atoms with Gasteiger partial charge in [-0.3, -0.25) is 0 Å². The van der Waals surface area contributed by atoms with Crippen LogP contribution in [-0.2, 0) is 0 Å². The number of nitrogens with one attached hydrogen (secondary N) is 1. The lowest BCUT2D eigenvalue weighted by Gasteiger charge is -2.37. The molecule has 2 rings (SSSR count). The molecule has 1 aliphatic rings. The zero-order valence-electron chi connectivity index (χ0n) is 12.8. The van der Waals surface area contributed by atoms with E-state index >= 15 is 0 Å². The van der Waals surface area contributed by atoms with Crippen molar-refractivity contribution in [2.24, 2.45) is 5.41 Å². The number of hydrogen-bond acceptors (Lipinski definition) is 2. The van der Waals surface area contributed by atoms with E-state index in [1.54, 1.807) is 0 Å². The Morgan fingerprint density at radius 3 is 2.50 bits per heavy atom. The molecule has 1 aromatic rings. The van der Waals surface area contributed by atoms with Gasteiger partial charge in [0.05, 0.1) is 11.1 Å². The van der Waals surface area contributed by atoms with Crippen LogP contribution < -0.4 is 10.1 Å². The van der Waals surface area contributed by atoms with E-state index in [-0.39, 0.29) is 0 Å². The highest BCUT2D eigenvalue weighted by atomic mass is 79.9. The highest BCUT2D eigenvalue weighted by Crippen LogP contribution is 2.50. The van der Waals surface area contributed by atoms with Crippen LogP contribution >= 0.6 is 15.9 Å². The lowest BCUT2D eigenvalue weighted by Crippen LogP contribution is -2.34. The van der Waals surface area contributed by atoms with Gasteiger partial charge in [0.1, 0.15) is 5.75 Å². The summed E-state index contributed by atoms with van der Waals surface area (Å²) >= 11 is 3.64. The topological polar surface area (TPSA) is 21.3 Å². The van der Waals surface area contributed by atoms with Crippen LogP contribution in [0.1, 0.15) is 57.6 Å². The lowest BCUT2D eigenvalue weighted by atomic mass is 9.73. The fourth-order valence-electron chi connectivity index (χ4n) is 3.72. The van der Waals surface area contributed by atoms with Gasteiger partial charge in [-0.2, -0.15) is 0 Å². The maximum absolute atomic E-state index is 5.61. The minimum Gasteiger partial charge on any atom is -0.493 e. The average molecular weight is 340 g/mol. The molecule has 1 unspecified atom stereocenters. The van der Waals surface area contributed by atoms with E-state index in [0.29, 0.717) is 18.1 Å². The smallest absolute Gasteiger partial charge is 0.133 e. The van der Waals surface area contributed by atoms with Gasteiger partial charge in [0.15, 0.2) is 0 Å². The summed E-state index contributed by atoms with van der Waals surface area (Å²) in [7, 11) is 2.09. The second kappa shape index (κ2) is 6.95. The number of hydrogen-bond donors (Lipinski definition) is 1. The minimum absolute atomic E-state index is 0.418. The molecule has 1 N–H and O–H groups in total. The van der Waals surface area contributed by atoms with E-state index in [9.17, 15) is 0 Å². The highest BCUT2D eigenvalue weighted by molar-refractivity contribution is 9.10. The molecule has 2 nitrogen and oxygen atoms in total. The Balaban J connectivity index is 2.29. The van der Waals surface area contributed by atoms with Gasteiger partial charge >= 0.3 is 0 Å². The lowest BCUT2D eigenvalue weighted by molar-refractivity contribution is 0.195. The van der Waals surface area contributed by atoms with Crippen LogP contribution in [0, 0.1) is 5.41 Å². The average Bonchev–Trinajstić information content (AvgIpc) is 2.93. The molecule has 0 aromatic heterocycles. The molecule has 112 valence electrons. The first-order chi connectivity index (χ1) is 9.66. The van der Waals surface area contributed by atoms with Gasteiger partial charge in [0.25, 0.3) is 0 Å². The molecule has 0 radical (unpaired) electrons. The number of ether oxygens (including phenoxy) is 1. The third-order valence-electron chi connectivity index (χ3n) is 4.79. The molecule has 20 heavy (non-hydrogen) atoms. The van der Waals surface area contributed by atoms with E-state index < -0.39 is 0 Å². The summed E-state index contributed by atoms with van der Waals surface area (Å²) in [5, 5.41) is 3.57. The zero-order valence-corrected chi connectivity index (χ0v) is 14.4. The van der Waals surface area contributed by atoms with Crippen LogP contribution in [0.5, 0.6) is 5.75 Å². The number of halogens is 1. The normalized spacial score (nSPS) is 19.0. The predicted octanol–water partition coefficient (Wildman–Crippen LogP) is 5.08. The van der Waals surface area contributed by atoms with Crippen molar-refractivity contribution in [3.63, 3.8) is 0 Å². The van der Waals surface area contributed by atoms with E-state index in [1.807, 2.05) is 6.92 Å². The third kappa shape index (κ3) is 3.04. The first-order valence-corrected chi connectivity index (χ1v) is 8.55. The third-order valence-corrected chi connectivity index (χ3v) is 5.41. The number of benzene rings is 1. The van der Waals surface area contributed by atoms with Gasteiger partial charge in [-0.25, -0.2) is 0 Å². The molecule has 1 fully saturated rings. The van der Waals surface area contributed by atoms with Crippen molar-refractivity contribution >= 4 is 15.9 Å². The van der Waals surface area contributed by atoms with Crippen molar-refractivity contribution in [2.45, 2.75) is 52.0 Å². The van der Waals surface area contributed by atoms with Crippen molar-refractivity contribution in [1.82, 2.24) is 5.32 Å². The van der Waals surface area contributed by atoms with Gasteiger partial charge in [0, 0.05) is 6.04 Å². The first kappa shape index (κ1) is 15.8. The van der Waals surface area contributed by atoms with Gasteiger partial charge in [-0.1, -0.05) is 25.8 Å². The fourth-order valence-corrected chi connectivity index (χ4v) is 4.23. The van der Waals surface area contributed by atoms with Crippen LogP contribution in [0.25, 0.3) is 0 Å². The fraction of sp³-hybridized carbons (Fsp3) is 0.647. The van der Waals surface area contributed by atoms with Gasteiger partial charge in [0.2, 0.25) is 0 Å². The Bertz CT molecular complexity index is 441. The van der Waals surface area contributed by atoms with Crippen LogP contribution in [-0.4, -0.2) is 13.7 Å². The Hall–Kier alpha value is -0.540. The maximum atomic E-state index is 5.61. The molecular formula is C17H26BrNO. The molecular weight excluding hydrogens is 314 g/mol. The van der Waals surface area contributed by atoms with Crippen LogP contribution in [0.3, 0.4) is 0 Å². The second-order valence-corrected chi connectivity index (χ2v) is 6.62. The van der Waals surface area contributed by atoms with Gasteiger partial charge in [-0.05, 0) is 72.3 Å². The van der Waals surface area contributed by atoms with E-state index in [0.717, 1.165) is 10.2 Å². The minimum atomic E-state index is 0.418. The quantitative estimate of drug-likeness (QED) is 0.780. The maximum Gasteiger partial charge on any atom is 0.133 e. The van der Waals surface area contributed by atoms with Crippen molar-refractivity contribution in [3.8, 4) is 5.75 Å². The summed E-state index contributed by atoms with van der Waals surface area (Å²) in [4.78, 5) is 0. The van der Waals surface area contributed by atoms with Crippen LogP contribution in [0.15, 0.2) is 22.7 Å². The molecule has 0 heterocycles. The first-order valence-electron chi connectivity index (χ1n) is 7.76. The van der Waals surface area contributed by atoms with Crippen molar-refractivity contribution < 1.29 is 4.74 Å². The molecule has 0 amide bonds. The molecule has 0 bridgehead atoms. The molecule has 0 spiro atoms. The summed E-state index contributed by atoms with van der Waals surface area (Å²) in [6, 6.07) is 6.96. The van der Waals surface area contributed by atoms with E-state index in [4.69, 9.17) is 4.74 Å². The summed E-state index contributed by atoms with van der Waals surface area (Å²) in [6.45, 7) is 5.05. The summed E-state index contributed by atoms with van der Waals surface area (Å²) in [5.74, 6) is 0.933. The van der Waals surface area contributed by atoms with E-state index in [2.05, 4.69) is 53.4 Å². The summed E-state index contributed by atoms with van der Waals surface area (Å²) in [5.41, 5.74) is 1.79. The molecule has 1 saturated carbocycles. The zero-order chi connectivity index (χ0) is 14.6. The molecule has 0 aliphatic heterocycles. The van der Waals surface area contributed by atoms with Crippen molar-refractivity contribution in [3.05, 3.63) is 28.2 Å². The van der Waals surface area contributed by atoms with Gasteiger partial charge in [-0.15, -0.1) is 0 Å². The Morgan fingerprint density at radius 2 is 2.00 bits per heavy atom. The summed E-state index contributed by atoms with van der Waals surface area (Å²) < 4.78 is 6.67. The predicted molar refractivity (Wildman–Crippen MR) is 88.3 cm³/mol. The number of rotatable bonds is 6. The molecule has 0 saturated heterocycles. The van der Waals surface area contributed by atoms with E-state index in [1.165, 1.54) is 37.7 Å². The Morgan fingerprint density at radius 1 is 1.30 bits per heavy atom. The van der Waals surface area contributed by atoms with Crippen molar-refractivity contribution in [1.29, 1.82) is 0 Å². The Labute approximate surface area is 131 Å². The largest absolute Gasteiger partial charge is 0.493 e. The Kier molecular flexibility index (Phi) is 5.50. The molecule has 1 aromatic carbocycles. The van der Waals surface area contributed by atoms with Crippen molar-refractivity contribution in [2.75, 3.05) is 13.7 Å². The second-order valence-electron chi connectivity index (χ2n) is 5.77. The van der Waals surface area contributed by atoms with Gasteiger partial charge < -0.3 is 10.1 Å². The summed E-state index contributed by atoms with van der Waals surface area (Å²) in [6.07, 6.45) is 6.64.